The third-order valence-corrected chi connectivity index (χ3v) is 6.31. The van der Waals surface area contributed by atoms with E-state index in [9.17, 15) is 4.79 Å². The summed E-state index contributed by atoms with van der Waals surface area (Å²) in [6, 6.07) is 20.0. The molecule has 2 aromatic carbocycles. The van der Waals surface area contributed by atoms with E-state index in [4.69, 9.17) is 0 Å². The Hall–Kier alpha value is -2.29. The average Bonchev–Trinajstić information content (AvgIpc) is 3.19. The molecule has 0 spiro atoms. The number of carbonyl (C=O) groups is 1. The van der Waals surface area contributed by atoms with E-state index in [1.807, 2.05) is 60.7 Å². The van der Waals surface area contributed by atoms with Crippen molar-refractivity contribution in [2.45, 2.75) is 39.2 Å². The van der Waals surface area contributed by atoms with Crippen molar-refractivity contribution in [1.82, 2.24) is 5.32 Å². The standard InChI is InChI=1S/C22H26N2O/c1-22(2)17-14-13-16(15-17)20(22)23-21(25)24(18-9-5-3-6-10-18)19-11-7-4-8-12-19/h3-12,16-17,20H,13-15H2,1-2H3,(H,23,25)/t16-,17+,20-/m1/s1. The molecule has 2 bridgehead atoms. The monoisotopic (exact) mass is 334 g/mol. The lowest BCUT2D eigenvalue weighted by molar-refractivity contribution is 0.154. The maximum Gasteiger partial charge on any atom is 0.326 e. The van der Waals surface area contributed by atoms with E-state index in [1.54, 1.807) is 4.90 Å². The van der Waals surface area contributed by atoms with Crippen molar-refractivity contribution < 1.29 is 4.79 Å². The Balaban J connectivity index is 1.63. The average molecular weight is 334 g/mol. The molecule has 2 amide bonds. The van der Waals surface area contributed by atoms with E-state index in [2.05, 4.69) is 19.2 Å². The zero-order valence-corrected chi connectivity index (χ0v) is 15.0. The lowest BCUT2D eigenvalue weighted by atomic mass is 9.73. The number of rotatable bonds is 3. The van der Waals surface area contributed by atoms with Gasteiger partial charge in [-0.1, -0.05) is 50.2 Å². The van der Waals surface area contributed by atoms with E-state index in [0.717, 1.165) is 17.3 Å². The Morgan fingerprint density at radius 1 is 0.960 bits per heavy atom. The molecule has 0 radical (unpaired) electrons. The van der Waals surface area contributed by atoms with E-state index < -0.39 is 0 Å². The largest absolute Gasteiger partial charge is 0.334 e. The van der Waals surface area contributed by atoms with Crippen molar-refractivity contribution in [1.29, 1.82) is 0 Å². The highest BCUT2D eigenvalue weighted by Crippen LogP contribution is 2.55. The molecule has 3 atom stereocenters. The zero-order chi connectivity index (χ0) is 17.4. The lowest BCUT2D eigenvalue weighted by Gasteiger charge is -2.39. The second-order valence-electron chi connectivity index (χ2n) is 8.03. The van der Waals surface area contributed by atoms with Crippen molar-refractivity contribution in [3.63, 3.8) is 0 Å². The molecule has 3 nitrogen and oxygen atoms in total. The van der Waals surface area contributed by atoms with Crippen LogP contribution < -0.4 is 10.2 Å². The van der Waals surface area contributed by atoms with Crippen LogP contribution in [0.1, 0.15) is 33.1 Å². The van der Waals surface area contributed by atoms with E-state index in [-0.39, 0.29) is 17.5 Å². The smallest absolute Gasteiger partial charge is 0.326 e. The zero-order valence-electron chi connectivity index (χ0n) is 15.0. The van der Waals surface area contributed by atoms with Gasteiger partial charge in [0.25, 0.3) is 0 Å². The van der Waals surface area contributed by atoms with Crippen LogP contribution in [-0.2, 0) is 0 Å². The molecule has 0 unspecified atom stereocenters. The predicted octanol–water partition coefficient (Wildman–Crippen LogP) is 5.36. The van der Waals surface area contributed by atoms with Gasteiger partial charge in [0.15, 0.2) is 0 Å². The highest BCUT2D eigenvalue weighted by Gasteiger charge is 2.53. The summed E-state index contributed by atoms with van der Waals surface area (Å²) in [6.45, 7) is 4.63. The molecule has 3 heteroatoms. The molecule has 1 N–H and O–H groups in total. The summed E-state index contributed by atoms with van der Waals surface area (Å²) in [5.74, 6) is 1.36. The van der Waals surface area contributed by atoms with Gasteiger partial charge in [-0.25, -0.2) is 4.79 Å². The van der Waals surface area contributed by atoms with Crippen LogP contribution >= 0.6 is 0 Å². The van der Waals surface area contributed by atoms with Crippen molar-refractivity contribution in [3.05, 3.63) is 60.7 Å². The Morgan fingerprint density at radius 3 is 2.00 bits per heavy atom. The Bertz CT molecular complexity index is 702. The fourth-order valence-electron chi connectivity index (χ4n) is 4.90. The fourth-order valence-corrected chi connectivity index (χ4v) is 4.90. The van der Waals surface area contributed by atoms with Crippen LogP contribution in [0.25, 0.3) is 0 Å². The summed E-state index contributed by atoms with van der Waals surface area (Å²) >= 11 is 0. The highest BCUT2D eigenvalue weighted by atomic mass is 16.2. The number of nitrogens with one attached hydrogen (secondary N) is 1. The van der Waals surface area contributed by atoms with Gasteiger partial charge in [0, 0.05) is 6.04 Å². The van der Waals surface area contributed by atoms with Gasteiger partial charge in [-0.05, 0) is 60.8 Å². The Kier molecular flexibility index (Phi) is 4.03. The number of para-hydroxylation sites is 2. The van der Waals surface area contributed by atoms with Gasteiger partial charge in [-0.2, -0.15) is 0 Å². The van der Waals surface area contributed by atoms with E-state index >= 15 is 0 Å². The first-order valence-electron chi connectivity index (χ1n) is 9.28. The minimum absolute atomic E-state index is 0.0250. The second-order valence-corrected chi connectivity index (χ2v) is 8.03. The first-order chi connectivity index (χ1) is 12.1. The van der Waals surface area contributed by atoms with Crippen LogP contribution in [0.4, 0.5) is 16.2 Å². The summed E-state index contributed by atoms with van der Waals surface area (Å²) in [5, 5.41) is 3.38. The molecule has 0 aliphatic heterocycles. The maximum absolute atomic E-state index is 13.3. The summed E-state index contributed by atoms with van der Waals surface area (Å²) in [4.78, 5) is 15.1. The van der Waals surface area contributed by atoms with Crippen LogP contribution in [0.3, 0.4) is 0 Å². The van der Waals surface area contributed by atoms with Crippen molar-refractivity contribution in [3.8, 4) is 0 Å². The normalized spacial score (nSPS) is 26.4. The molecular formula is C22H26N2O. The van der Waals surface area contributed by atoms with Gasteiger partial charge in [-0.15, -0.1) is 0 Å². The first kappa shape index (κ1) is 16.2. The molecule has 0 heterocycles. The number of fused-ring (bicyclic) bond motifs is 2. The summed E-state index contributed by atoms with van der Waals surface area (Å²) in [5.41, 5.74) is 1.97. The van der Waals surface area contributed by atoms with Crippen LogP contribution in [0.5, 0.6) is 0 Å². The molecular weight excluding hydrogens is 308 g/mol. The number of urea groups is 1. The minimum atomic E-state index is -0.0250. The molecule has 2 fully saturated rings. The van der Waals surface area contributed by atoms with Crippen LogP contribution in [0.15, 0.2) is 60.7 Å². The molecule has 0 aromatic heterocycles. The lowest BCUT2D eigenvalue weighted by Crippen LogP contribution is -2.52. The summed E-state index contributed by atoms with van der Waals surface area (Å²) in [7, 11) is 0. The predicted molar refractivity (Wildman–Crippen MR) is 102 cm³/mol. The van der Waals surface area contributed by atoms with Gasteiger partial charge in [0.2, 0.25) is 0 Å². The topological polar surface area (TPSA) is 32.3 Å². The molecule has 130 valence electrons. The summed E-state index contributed by atoms with van der Waals surface area (Å²) < 4.78 is 0. The maximum atomic E-state index is 13.3. The van der Waals surface area contributed by atoms with Gasteiger partial charge in [0.05, 0.1) is 11.4 Å². The van der Waals surface area contributed by atoms with Gasteiger partial charge < -0.3 is 5.32 Å². The van der Waals surface area contributed by atoms with Crippen molar-refractivity contribution in [2.75, 3.05) is 4.90 Å². The van der Waals surface area contributed by atoms with E-state index in [0.29, 0.717) is 5.92 Å². The first-order valence-corrected chi connectivity index (χ1v) is 9.28. The third-order valence-electron chi connectivity index (χ3n) is 6.31. The van der Waals surface area contributed by atoms with Gasteiger partial charge in [0.1, 0.15) is 0 Å². The number of hydrogen-bond acceptors (Lipinski definition) is 1. The molecule has 25 heavy (non-hydrogen) atoms. The number of anilines is 2. The summed E-state index contributed by atoms with van der Waals surface area (Å²) in [6.07, 6.45) is 3.81. The van der Waals surface area contributed by atoms with Crippen LogP contribution in [0.2, 0.25) is 0 Å². The minimum Gasteiger partial charge on any atom is -0.334 e. The van der Waals surface area contributed by atoms with Gasteiger partial charge in [-0.3, -0.25) is 4.90 Å². The number of nitrogens with zero attached hydrogens (tertiary/aromatic N) is 1. The van der Waals surface area contributed by atoms with Crippen LogP contribution in [-0.4, -0.2) is 12.1 Å². The SMILES string of the molecule is CC1(C)[C@H]2CC[C@H](C2)[C@H]1NC(=O)N(c1ccccc1)c1ccccc1. The van der Waals surface area contributed by atoms with Crippen LogP contribution in [0, 0.1) is 17.3 Å². The molecule has 2 saturated carbocycles. The number of benzene rings is 2. The third kappa shape index (κ3) is 2.82. The van der Waals surface area contributed by atoms with Crippen molar-refractivity contribution >= 4 is 17.4 Å². The fraction of sp³-hybridized carbons (Fsp3) is 0.409. The Labute approximate surface area is 150 Å². The highest BCUT2D eigenvalue weighted by molar-refractivity contribution is 5.99. The van der Waals surface area contributed by atoms with Gasteiger partial charge >= 0.3 is 6.03 Å². The second kappa shape index (κ2) is 6.21. The Morgan fingerprint density at radius 2 is 1.52 bits per heavy atom. The molecule has 2 aromatic rings. The quantitative estimate of drug-likeness (QED) is 0.805. The molecule has 0 saturated heterocycles. The molecule has 4 rings (SSSR count). The molecule has 2 aliphatic rings. The van der Waals surface area contributed by atoms with E-state index in [1.165, 1.54) is 19.3 Å². The number of amides is 2. The van der Waals surface area contributed by atoms with Crippen molar-refractivity contribution in [2.24, 2.45) is 17.3 Å². The number of hydrogen-bond donors (Lipinski definition) is 1. The molecule has 2 aliphatic carbocycles. The number of carbonyl (C=O) groups excluding carboxylic acids is 1.